The highest BCUT2D eigenvalue weighted by atomic mass is 35.5. The van der Waals surface area contributed by atoms with Crippen molar-refractivity contribution < 1.29 is 9.50 Å². The fourth-order valence-electron chi connectivity index (χ4n) is 4.10. The van der Waals surface area contributed by atoms with E-state index in [-0.39, 0.29) is 11.4 Å². The van der Waals surface area contributed by atoms with Gasteiger partial charge in [0, 0.05) is 17.0 Å². The zero-order chi connectivity index (χ0) is 14.9. The topological polar surface area (TPSA) is 23.5 Å². The summed E-state index contributed by atoms with van der Waals surface area (Å²) >= 11 is 6.12. The van der Waals surface area contributed by atoms with Gasteiger partial charge in [0.25, 0.3) is 0 Å². The van der Waals surface area contributed by atoms with Gasteiger partial charge in [-0.3, -0.25) is 4.90 Å². The van der Waals surface area contributed by atoms with Gasteiger partial charge in [-0.2, -0.15) is 0 Å². The van der Waals surface area contributed by atoms with Gasteiger partial charge in [0.2, 0.25) is 0 Å². The number of likely N-dealkylation sites (tertiary alicyclic amines) is 1. The van der Waals surface area contributed by atoms with Gasteiger partial charge in [-0.1, -0.05) is 30.5 Å². The molecule has 0 aromatic heterocycles. The van der Waals surface area contributed by atoms with E-state index >= 15 is 0 Å². The lowest BCUT2D eigenvalue weighted by atomic mass is 9.85. The minimum Gasteiger partial charge on any atom is -0.391 e. The first kappa shape index (κ1) is 15.3. The summed E-state index contributed by atoms with van der Waals surface area (Å²) in [6, 6.07) is 4.46. The monoisotopic (exact) mass is 311 g/mol. The number of benzene rings is 1. The van der Waals surface area contributed by atoms with E-state index in [2.05, 4.69) is 4.90 Å². The van der Waals surface area contributed by atoms with Crippen LogP contribution >= 0.6 is 11.6 Å². The lowest BCUT2D eigenvalue weighted by Gasteiger charge is -2.43. The van der Waals surface area contributed by atoms with Gasteiger partial charge in [-0.05, 0) is 56.5 Å². The Morgan fingerprint density at radius 3 is 2.48 bits per heavy atom. The minimum absolute atomic E-state index is 0.0891. The highest BCUT2D eigenvalue weighted by Crippen LogP contribution is 2.41. The van der Waals surface area contributed by atoms with E-state index in [1.54, 1.807) is 6.07 Å². The largest absolute Gasteiger partial charge is 0.391 e. The van der Waals surface area contributed by atoms with Crippen molar-refractivity contribution in [1.82, 2.24) is 4.90 Å². The Morgan fingerprint density at radius 2 is 1.86 bits per heavy atom. The van der Waals surface area contributed by atoms with Crippen molar-refractivity contribution in [3.8, 4) is 0 Å². The van der Waals surface area contributed by atoms with Crippen LogP contribution < -0.4 is 0 Å². The number of nitrogens with zero attached hydrogens (tertiary/aromatic N) is 1. The average molecular weight is 312 g/mol. The third-order valence-corrected chi connectivity index (χ3v) is 5.61. The molecule has 0 radical (unpaired) electrons. The van der Waals surface area contributed by atoms with Crippen LogP contribution in [0.15, 0.2) is 18.2 Å². The summed E-state index contributed by atoms with van der Waals surface area (Å²) < 4.78 is 13.2. The van der Waals surface area contributed by atoms with Crippen LogP contribution in [0.2, 0.25) is 5.02 Å². The molecule has 1 aliphatic carbocycles. The molecule has 1 heterocycles. The molecule has 1 saturated heterocycles. The Balaban J connectivity index is 1.79. The first-order valence-electron chi connectivity index (χ1n) is 7.99. The third kappa shape index (κ3) is 2.96. The van der Waals surface area contributed by atoms with Crippen LogP contribution in [0, 0.1) is 5.82 Å². The van der Waals surface area contributed by atoms with Crippen LogP contribution in [0.4, 0.5) is 4.39 Å². The number of aliphatic hydroxyl groups excluding tert-OH is 1. The molecule has 4 heteroatoms. The summed E-state index contributed by atoms with van der Waals surface area (Å²) in [5.41, 5.74) is 0.754. The zero-order valence-electron chi connectivity index (χ0n) is 12.3. The average Bonchev–Trinajstić information content (AvgIpc) is 3.11. The minimum atomic E-state index is -0.430. The Bertz CT molecular complexity index is 496. The summed E-state index contributed by atoms with van der Waals surface area (Å²) in [5.74, 6) is -0.326. The molecule has 1 aliphatic heterocycles. The molecule has 1 aromatic rings. The molecule has 0 amide bonds. The normalized spacial score (nSPS) is 23.6. The molecule has 1 aromatic carbocycles. The highest BCUT2D eigenvalue weighted by molar-refractivity contribution is 6.31. The van der Waals surface area contributed by atoms with Crippen molar-refractivity contribution in [3.05, 3.63) is 34.6 Å². The van der Waals surface area contributed by atoms with E-state index < -0.39 is 6.10 Å². The van der Waals surface area contributed by atoms with E-state index in [0.29, 0.717) is 11.4 Å². The lowest BCUT2D eigenvalue weighted by molar-refractivity contribution is -0.0171. The second-order valence-electron chi connectivity index (χ2n) is 6.46. The lowest BCUT2D eigenvalue weighted by Crippen LogP contribution is -2.54. The second-order valence-corrected chi connectivity index (χ2v) is 6.87. The molecule has 21 heavy (non-hydrogen) atoms. The maximum absolute atomic E-state index is 13.2. The smallest absolute Gasteiger partial charge is 0.124 e. The SMILES string of the molecule is OC(Cc1ccc(F)cc1Cl)C1(N2CCCC2)CCCC1. The van der Waals surface area contributed by atoms with E-state index in [1.807, 2.05) is 0 Å². The number of halogens is 2. The molecular formula is C17H23ClFNO. The summed E-state index contributed by atoms with van der Waals surface area (Å²) in [5, 5.41) is 11.3. The Kier molecular flexibility index (Phi) is 4.53. The van der Waals surface area contributed by atoms with Gasteiger partial charge >= 0.3 is 0 Å². The number of aliphatic hydroxyl groups is 1. The number of rotatable bonds is 4. The van der Waals surface area contributed by atoms with Crippen LogP contribution in [0.3, 0.4) is 0 Å². The van der Waals surface area contributed by atoms with Gasteiger partial charge < -0.3 is 5.11 Å². The first-order chi connectivity index (χ1) is 10.1. The van der Waals surface area contributed by atoms with E-state index in [1.165, 1.54) is 37.8 Å². The van der Waals surface area contributed by atoms with Gasteiger partial charge in [0.15, 0.2) is 0 Å². The van der Waals surface area contributed by atoms with Gasteiger partial charge in [0.05, 0.1) is 6.10 Å². The summed E-state index contributed by atoms with van der Waals surface area (Å²) in [6.45, 7) is 2.18. The Hall–Kier alpha value is -0.640. The number of hydrogen-bond donors (Lipinski definition) is 1. The molecule has 3 rings (SSSR count). The van der Waals surface area contributed by atoms with Crippen molar-refractivity contribution in [2.45, 2.75) is 56.6 Å². The molecule has 2 nitrogen and oxygen atoms in total. The van der Waals surface area contributed by atoms with Crippen LogP contribution in [0.25, 0.3) is 0 Å². The van der Waals surface area contributed by atoms with Crippen molar-refractivity contribution >= 4 is 11.6 Å². The van der Waals surface area contributed by atoms with E-state index in [4.69, 9.17) is 11.6 Å². The Morgan fingerprint density at radius 1 is 1.19 bits per heavy atom. The fourth-order valence-corrected chi connectivity index (χ4v) is 4.34. The standard InChI is InChI=1S/C17H23ClFNO/c18-15-12-14(19)6-5-13(15)11-16(21)17(7-1-2-8-17)20-9-3-4-10-20/h5-6,12,16,21H,1-4,7-11H2. The van der Waals surface area contributed by atoms with Crippen LogP contribution in [0.5, 0.6) is 0 Å². The molecule has 0 bridgehead atoms. The van der Waals surface area contributed by atoms with E-state index in [9.17, 15) is 9.50 Å². The third-order valence-electron chi connectivity index (χ3n) is 5.25. The molecule has 2 fully saturated rings. The van der Waals surface area contributed by atoms with Crippen LogP contribution in [-0.2, 0) is 6.42 Å². The maximum atomic E-state index is 13.2. The fraction of sp³-hybridized carbons (Fsp3) is 0.647. The van der Waals surface area contributed by atoms with Crippen LogP contribution in [-0.4, -0.2) is 34.7 Å². The maximum Gasteiger partial charge on any atom is 0.124 e. The molecule has 116 valence electrons. The van der Waals surface area contributed by atoms with Crippen molar-refractivity contribution in [2.24, 2.45) is 0 Å². The first-order valence-corrected chi connectivity index (χ1v) is 8.37. The van der Waals surface area contributed by atoms with Crippen molar-refractivity contribution in [2.75, 3.05) is 13.1 Å². The zero-order valence-corrected chi connectivity index (χ0v) is 13.1. The quantitative estimate of drug-likeness (QED) is 0.914. The predicted molar refractivity (Wildman–Crippen MR) is 83.1 cm³/mol. The van der Waals surface area contributed by atoms with Crippen LogP contribution in [0.1, 0.15) is 44.1 Å². The summed E-state index contributed by atoms with van der Waals surface area (Å²) in [7, 11) is 0. The molecule has 0 spiro atoms. The van der Waals surface area contributed by atoms with Crippen molar-refractivity contribution in [3.63, 3.8) is 0 Å². The Labute approximate surface area is 130 Å². The molecular weight excluding hydrogens is 289 g/mol. The molecule has 2 aliphatic rings. The highest BCUT2D eigenvalue weighted by Gasteiger charge is 2.46. The van der Waals surface area contributed by atoms with Gasteiger partial charge in [-0.15, -0.1) is 0 Å². The van der Waals surface area contributed by atoms with Crippen molar-refractivity contribution in [1.29, 1.82) is 0 Å². The summed E-state index contributed by atoms with van der Waals surface area (Å²) in [6.07, 6.45) is 7.03. The molecule has 1 atom stereocenters. The molecule has 1 N–H and O–H groups in total. The predicted octanol–water partition coefficient (Wildman–Crippen LogP) is 3.79. The second kappa shape index (κ2) is 6.23. The van der Waals surface area contributed by atoms with Gasteiger partial charge in [0.1, 0.15) is 5.82 Å². The summed E-state index contributed by atoms with van der Waals surface area (Å²) in [4.78, 5) is 2.49. The number of hydrogen-bond acceptors (Lipinski definition) is 2. The van der Waals surface area contributed by atoms with E-state index in [0.717, 1.165) is 31.5 Å². The molecule has 1 unspecified atom stereocenters. The van der Waals surface area contributed by atoms with Gasteiger partial charge in [-0.25, -0.2) is 4.39 Å². The molecule has 1 saturated carbocycles.